The average Bonchev–Trinajstić information content (AvgIpc) is 2.85. The van der Waals surface area contributed by atoms with Gasteiger partial charge in [-0.2, -0.15) is 0 Å². The molecule has 3 rings (SSSR count). The largest absolute Gasteiger partial charge is 0.496 e. The first-order valence-electron chi connectivity index (χ1n) is 12.0. The summed E-state index contributed by atoms with van der Waals surface area (Å²) in [4.78, 5) is 29.2. The molecule has 1 aromatic rings. The van der Waals surface area contributed by atoms with Crippen LogP contribution in [0.3, 0.4) is 0 Å². The quantitative estimate of drug-likeness (QED) is 0.533. The number of nitrogens with one attached hydrogen (secondary N) is 1. The third-order valence-corrected chi connectivity index (χ3v) is 6.97. The number of likely N-dealkylation sites (tertiary alicyclic amines) is 2. The third kappa shape index (κ3) is 6.67. The van der Waals surface area contributed by atoms with E-state index in [0.717, 1.165) is 58.4 Å². The van der Waals surface area contributed by atoms with Crippen molar-refractivity contribution >= 4 is 29.3 Å². The van der Waals surface area contributed by atoms with Crippen molar-refractivity contribution < 1.29 is 23.8 Å². The fourth-order valence-electron chi connectivity index (χ4n) is 4.66. The van der Waals surface area contributed by atoms with Crippen LogP contribution in [0.15, 0.2) is 12.1 Å². The maximum atomic E-state index is 13.0. The molecular weight excluding hydrogens is 460 g/mol. The normalized spacial score (nSPS) is 21.8. The molecular formula is C24H37ClN4O5. The zero-order chi connectivity index (χ0) is 24.7. The number of ether oxygens (including phenoxy) is 3. The second-order valence-electron chi connectivity index (χ2n) is 9.02. The number of nitrogen functional groups attached to an aromatic ring is 1. The molecule has 0 saturated carbocycles. The predicted octanol–water partition coefficient (Wildman–Crippen LogP) is 3.01. The summed E-state index contributed by atoms with van der Waals surface area (Å²) in [7, 11) is 3.17. The zero-order valence-electron chi connectivity index (χ0n) is 20.3. The van der Waals surface area contributed by atoms with Crippen molar-refractivity contribution in [1.82, 2.24) is 15.1 Å². The van der Waals surface area contributed by atoms with Gasteiger partial charge in [0.15, 0.2) is 0 Å². The molecule has 3 N–H and O–H groups in total. The molecule has 0 aromatic heterocycles. The summed E-state index contributed by atoms with van der Waals surface area (Å²) in [6.45, 7) is 6.49. The molecule has 1 aromatic carbocycles. The lowest BCUT2D eigenvalue weighted by molar-refractivity contribution is -0.00142. The van der Waals surface area contributed by atoms with Crippen LogP contribution in [0.2, 0.25) is 5.02 Å². The number of benzene rings is 1. The second-order valence-corrected chi connectivity index (χ2v) is 9.43. The Hall–Kier alpha value is -2.23. The maximum Gasteiger partial charge on any atom is 0.409 e. The Kier molecular flexibility index (Phi) is 9.67. The highest BCUT2D eigenvalue weighted by atomic mass is 35.5. The van der Waals surface area contributed by atoms with Crippen molar-refractivity contribution in [3.05, 3.63) is 22.7 Å². The molecule has 0 aliphatic carbocycles. The first-order chi connectivity index (χ1) is 16.4. The monoisotopic (exact) mass is 496 g/mol. The van der Waals surface area contributed by atoms with Gasteiger partial charge in [0.25, 0.3) is 5.91 Å². The summed E-state index contributed by atoms with van der Waals surface area (Å²) in [5, 5.41) is 3.40. The Morgan fingerprint density at radius 3 is 2.56 bits per heavy atom. The Labute approximate surface area is 206 Å². The highest BCUT2D eigenvalue weighted by molar-refractivity contribution is 6.33. The Balaban J connectivity index is 1.50. The van der Waals surface area contributed by atoms with Crippen LogP contribution in [0.4, 0.5) is 10.5 Å². The lowest BCUT2D eigenvalue weighted by Gasteiger charge is -2.40. The van der Waals surface area contributed by atoms with Gasteiger partial charge in [0, 0.05) is 45.9 Å². The predicted molar refractivity (Wildman–Crippen MR) is 131 cm³/mol. The van der Waals surface area contributed by atoms with Crippen molar-refractivity contribution in [3.63, 3.8) is 0 Å². The summed E-state index contributed by atoms with van der Waals surface area (Å²) in [6, 6.07) is 2.97. The summed E-state index contributed by atoms with van der Waals surface area (Å²) in [5.41, 5.74) is 6.55. The molecule has 0 bridgehead atoms. The number of methoxy groups -OCH3 is 2. The van der Waals surface area contributed by atoms with E-state index in [2.05, 4.69) is 10.2 Å². The van der Waals surface area contributed by atoms with Gasteiger partial charge in [-0.1, -0.05) is 18.5 Å². The molecule has 10 heteroatoms. The number of halogens is 1. The van der Waals surface area contributed by atoms with E-state index in [1.807, 2.05) is 11.8 Å². The summed E-state index contributed by atoms with van der Waals surface area (Å²) in [6.07, 6.45) is 3.21. The molecule has 0 radical (unpaired) electrons. The van der Waals surface area contributed by atoms with Gasteiger partial charge in [-0.05, 0) is 37.7 Å². The number of piperidine rings is 2. The number of rotatable bonds is 8. The second kappa shape index (κ2) is 12.5. The van der Waals surface area contributed by atoms with Crippen LogP contribution in [-0.2, 0) is 9.47 Å². The third-order valence-electron chi connectivity index (χ3n) is 6.64. The molecule has 2 atom stereocenters. The van der Waals surface area contributed by atoms with E-state index >= 15 is 0 Å². The molecule has 34 heavy (non-hydrogen) atoms. The number of carbonyl (C=O) groups excluding carboxylic acids is 2. The molecule has 2 unspecified atom stereocenters. The molecule has 2 heterocycles. The van der Waals surface area contributed by atoms with E-state index in [1.165, 1.54) is 13.2 Å². The molecule has 2 saturated heterocycles. The van der Waals surface area contributed by atoms with Gasteiger partial charge in [0.2, 0.25) is 0 Å². The standard InChI is InChI=1S/C24H37ClN4O5/c1-4-11-34-24(31)29-9-5-16(6-10-29)14-28-8-7-20(22(15-28)33-3)27-23(30)17-12-18(25)19(26)13-21(17)32-2/h12-13,16,20,22H,4-11,14-15,26H2,1-3H3,(H,27,30). The number of anilines is 1. The van der Waals surface area contributed by atoms with Crippen LogP contribution in [0, 0.1) is 5.92 Å². The number of amides is 2. The van der Waals surface area contributed by atoms with Crippen LogP contribution in [-0.4, -0.2) is 87.5 Å². The minimum atomic E-state index is -0.262. The van der Waals surface area contributed by atoms with Crippen molar-refractivity contribution in [2.24, 2.45) is 5.92 Å². The molecule has 0 spiro atoms. The number of carbonyl (C=O) groups is 2. The van der Waals surface area contributed by atoms with E-state index in [4.69, 9.17) is 31.5 Å². The van der Waals surface area contributed by atoms with E-state index in [1.54, 1.807) is 13.2 Å². The molecule has 2 aliphatic rings. The Bertz CT molecular complexity index is 847. The molecule has 2 fully saturated rings. The highest BCUT2D eigenvalue weighted by Crippen LogP contribution is 2.29. The van der Waals surface area contributed by atoms with Crippen molar-refractivity contribution in [1.29, 1.82) is 0 Å². The number of nitrogens with zero attached hydrogens (tertiary/aromatic N) is 2. The van der Waals surface area contributed by atoms with E-state index < -0.39 is 0 Å². The van der Waals surface area contributed by atoms with Gasteiger partial charge in [0.05, 0.1) is 42.1 Å². The van der Waals surface area contributed by atoms with Crippen LogP contribution < -0.4 is 15.8 Å². The van der Waals surface area contributed by atoms with Crippen LogP contribution in [0.5, 0.6) is 5.75 Å². The smallest absolute Gasteiger partial charge is 0.409 e. The number of hydrogen-bond acceptors (Lipinski definition) is 7. The average molecular weight is 497 g/mol. The van der Waals surface area contributed by atoms with Gasteiger partial charge in [0.1, 0.15) is 5.75 Å². The van der Waals surface area contributed by atoms with Crippen molar-refractivity contribution in [2.75, 3.05) is 59.3 Å². The lowest BCUT2D eigenvalue weighted by atomic mass is 9.94. The summed E-state index contributed by atoms with van der Waals surface area (Å²) in [5.74, 6) is 0.650. The summed E-state index contributed by atoms with van der Waals surface area (Å²) < 4.78 is 16.3. The molecule has 2 aliphatic heterocycles. The van der Waals surface area contributed by atoms with Gasteiger partial charge in [-0.15, -0.1) is 0 Å². The van der Waals surface area contributed by atoms with E-state index in [9.17, 15) is 9.59 Å². The van der Waals surface area contributed by atoms with E-state index in [-0.39, 0.29) is 24.1 Å². The SMILES string of the molecule is CCCOC(=O)N1CCC(CN2CCC(NC(=O)c3cc(Cl)c(N)cc3OC)C(OC)C2)CC1. The van der Waals surface area contributed by atoms with Gasteiger partial charge < -0.3 is 35.1 Å². The maximum absolute atomic E-state index is 13.0. The zero-order valence-corrected chi connectivity index (χ0v) is 21.1. The van der Waals surface area contributed by atoms with Gasteiger partial charge >= 0.3 is 6.09 Å². The van der Waals surface area contributed by atoms with Crippen LogP contribution in [0.25, 0.3) is 0 Å². The first-order valence-corrected chi connectivity index (χ1v) is 12.3. The Morgan fingerprint density at radius 1 is 1.18 bits per heavy atom. The van der Waals surface area contributed by atoms with Crippen LogP contribution in [0.1, 0.15) is 43.0 Å². The molecule has 9 nitrogen and oxygen atoms in total. The summed E-state index contributed by atoms with van der Waals surface area (Å²) >= 11 is 6.13. The lowest BCUT2D eigenvalue weighted by Crippen LogP contribution is -2.55. The number of nitrogens with two attached hydrogens (primary N) is 1. The minimum absolute atomic E-state index is 0.120. The first kappa shape index (κ1) is 26.4. The van der Waals surface area contributed by atoms with Gasteiger partial charge in [-0.3, -0.25) is 4.79 Å². The topological polar surface area (TPSA) is 106 Å². The fraction of sp³-hybridized carbons (Fsp3) is 0.667. The Morgan fingerprint density at radius 2 is 1.91 bits per heavy atom. The van der Waals surface area contributed by atoms with Crippen molar-refractivity contribution in [2.45, 2.75) is 44.8 Å². The van der Waals surface area contributed by atoms with Gasteiger partial charge in [-0.25, -0.2) is 4.79 Å². The van der Waals surface area contributed by atoms with Crippen LogP contribution >= 0.6 is 11.6 Å². The minimum Gasteiger partial charge on any atom is -0.496 e. The highest BCUT2D eigenvalue weighted by Gasteiger charge is 2.33. The number of hydrogen-bond donors (Lipinski definition) is 2. The van der Waals surface area contributed by atoms with E-state index in [0.29, 0.717) is 34.5 Å². The molecule has 190 valence electrons. The molecule has 2 amide bonds. The fourth-order valence-corrected chi connectivity index (χ4v) is 4.82. The van der Waals surface area contributed by atoms with Crippen molar-refractivity contribution in [3.8, 4) is 5.75 Å².